The molecule has 2 unspecified atom stereocenters. The molecule has 2 fully saturated rings. The number of nitrogens with one attached hydrogen (secondary N) is 1. The molecule has 4 rings (SSSR count). The van der Waals surface area contributed by atoms with Gasteiger partial charge in [-0.1, -0.05) is 23.2 Å². The molecule has 44 heavy (non-hydrogen) atoms. The Morgan fingerprint density at radius 2 is 1.59 bits per heavy atom. The highest BCUT2D eigenvalue weighted by molar-refractivity contribution is 6.42. The number of carbonyl (C=O) groups is 3. The van der Waals surface area contributed by atoms with Crippen LogP contribution in [0.5, 0.6) is 0 Å². The number of rotatable bonds is 5. The second-order valence-corrected chi connectivity index (χ2v) is 10.3. The minimum Gasteiger partial charge on any atom is -0.475 e. The van der Waals surface area contributed by atoms with Crippen LogP contribution in [0.4, 0.5) is 26.3 Å². The molecule has 1 amide bonds. The number of amides is 1. The molecule has 2 atom stereocenters. The first-order chi connectivity index (χ1) is 20.4. The summed E-state index contributed by atoms with van der Waals surface area (Å²) in [6, 6.07) is 8.94. The Bertz CT molecular complexity index is 1250. The standard InChI is InChI=1S/C22H25Cl2N3O3.2C2HF3O2/c23-19-2-1-17(11-20(19)24)21(28)26-12-18-3-6-22(30-18)14-27(9-10-29-15-22)13-16-4-7-25-8-5-16;2*3-2(4,5)1(6)7/h1-2,4-5,7-8,11,18H,3,6,9-10,12-15H2,(H,26,28);2*(H,6,7). The van der Waals surface area contributed by atoms with Gasteiger partial charge in [0.1, 0.15) is 5.60 Å². The van der Waals surface area contributed by atoms with E-state index in [-0.39, 0.29) is 17.6 Å². The largest absolute Gasteiger partial charge is 0.490 e. The number of benzene rings is 1. The van der Waals surface area contributed by atoms with Crippen LogP contribution in [0.25, 0.3) is 0 Å². The van der Waals surface area contributed by atoms with Gasteiger partial charge in [0.25, 0.3) is 5.91 Å². The number of carboxylic acids is 2. The number of carbonyl (C=O) groups excluding carboxylic acids is 1. The molecule has 0 aliphatic carbocycles. The van der Waals surface area contributed by atoms with Crippen molar-refractivity contribution in [2.45, 2.75) is 43.4 Å². The average molecular weight is 678 g/mol. The Morgan fingerprint density at radius 3 is 2.14 bits per heavy atom. The van der Waals surface area contributed by atoms with Crippen LogP contribution in [0.1, 0.15) is 28.8 Å². The lowest BCUT2D eigenvalue weighted by Gasteiger charge is -2.32. The molecular formula is C26H27Cl2F6N3O7. The number of pyridine rings is 1. The summed E-state index contributed by atoms with van der Waals surface area (Å²) in [6.45, 7) is 4.24. The average Bonchev–Trinajstić information content (AvgIpc) is 3.22. The van der Waals surface area contributed by atoms with Crippen LogP contribution < -0.4 is 5.32 Å². The Balaban J connectivity index is 0.000000402. The van der Waals surface area contributed by atoms with Crippen molar-refractivity contribution < 1.29 is 60.4 Å². The molecule has 10 nitrogen and oxygen atoms in total. The Morgan fingerprint density at radius 1 is 1.00 bits per heavy atom. The van der Waals surface area contributed by atoms with Crippen LogP contribution in [0, 0.1) is 0 Å². The van der Waals surface area contributed by atoms with Crippen LogP contribution >= 0.6 is 23.2 Å². The van der Waals surface area contributed by atoms with Gasteiger partial charge in [-0.3, -0.25) is 14.7 Å². The number of ether oxygens (including phenoxy) is 2. The molecule has 3 N–H and O–H groups in total. The highest BCUT2D eigenvalue weighted by Gasteiger charge is 2.43. The van der Waals surface area contributed by atoms with Gasteiger partial charge in [-0.05, 0) is 48.7 Å². The fourth-order valence-corrected chi connectivity index (χ4v) is 4.37. The fraction of sp³-hybridized carbons (Fsp3) is 0.462. The van der Waals surface area contributed by atoms with Gasteiger partial charge in [-0.25, -0.2) is 9.59 Å². The zero-order chi connectivity index (χ0) is 33.1. The summed E-state index contributed by atoms with van der Waals surface area (Å²) in [5, 5.41) is 18.0. The molecule has 2 saturated heterocycles. The predicted octanol–water partition coefficient (Wildman–Crippen LogP) is 4.84. The molecule has 1 aromatic carbocycles. The second kappa shape index (κ2) is 16.2. The molecule has 1 aromatic heterocycles. The first-order valence-corrected chi connectivity index (χ1v) is 13.4. The summed E-state index contributed by atoms with van der Waals surface area (Å²) in [5.74, 6) is -5.70. The highest BCUT2D eigenvalue weighted by Crippen LogP contribution is 2.33. The summed E-state index contributed by atoms with van der Waals surface area (Å²) in [6.07, 6.45) is -4.78. The first kappa shape index (κ1) is 37.0. The lowest BCUT2D eigenvalue weighted by molar-refractivity contribution is -0.193. The van der Waals surface area contributed by atoms with Crippen molar-refractivity contribution in [2.24, 2.45) is 0 Å². The van der Waals surface area contributed by atoms with Crippen LogP contribution in [0.15, 0.2) is 42.7 Å². The van der Waals surface area contributed by atoms with E-state index in [1.54, 1.807) is 18.2 Å². The van der Waals surface area contributed by atoms with Crippen molar-refractivity contribution >= 4 is 41.0 Å². The van der Waals surface area contributed by atoms with E-state index in [9.17, 15) is 31.1 Å². The van der Waals surface area contributed by atoms with Gasteiger partial charge in [0.2, 0.25) is 0 Å². The molecule has 18 heteroatoms. The topological polar surface area (TPSA) is 138 Å². The first-order valence-electron chi connectivity index (χ1n) is 12.6. The van der Waals surface area contributed by atoms with Crippen molar-refractivity contribution in [3.63, 3.8) is 0 Å². The van der Waals surface area contributed by atoms with Gasteiger partial charge in [-0.15, -0.1) is 0 Å². The maximum atomic E-state index is 12.4. The van der Waals surface area contributed by atoms with Gasteiger partial charge < -0.3 is 25.0 Å². The van der Waals surface area contributed by atoms with Gasteiger partial charge in [0.05, 0.1) is 29.4 Å². The molecular weight excluding hydrogens is 651 g/mol. The van der Waals surface area contributed by atoms with Gasteiger partial charge >= 0.3 is 24.3 Å². The third-order valence-corrected chi connectivity index (χ3v) is 6.82. The van der Waals surface area contributed by atoms with E-state index in [4.69, 9.17) is 52.5 Å². The number of nitrogens with zero attached hydrogens (tertiary/aromatic N) is 2. The van der Waals surface area contributed by atoms with E-state index < -0.39 is 24.3 Å². The number of alkyl halides is 6. The Labute approximate surface area is 256 Å². The molecule has 0 saturated carbocycles. The van der Waals surface area contributed by atoms with Gasteiger partial charge in [0.15, 0.2) is 0 Å². The summed E-state index contributed by atoms with van der Waals surface area (Å²) in [5.41, 5.74) is 1.38. The van der Waals surface area contributed by atoms with E-state index in [1.807, 2.05) is 24.5 Å². The third-order valence-electron chi connectivity index (χ3n) is 6.08. The number of aromatic nitrogens is 1. The van der Waals surface area contributed by atoms with Crippen LogP contribution in [-0.4, -0.2) is 94.8 Å². The number of hydrogen-bond donors (Lipinski definition) is 3. The second-order valence-electron chi connectivity index (χ2n) is 9.52. The van der Waals surface area contributed by atoms with Crippen molar-refractivity contribution in [3.8, 4) is 0 Å². The van der Waals surface area contributed by atoms with E-state index in [2.05, 4.69) is 15.2 Å². The molecule has 3 heterocycles. The number of aliphatic carboxylic acids is 2. The summed E-state index contributed by atoms with van der Waals surface area (Å²) < 4.78 is 75.8. The Hall–Kier alpha value is -3.18. The van der Waals surface area contributed by atoms with Crippen molar-refractivity contribution in [2.75, 3.05) is 32.8 Å². The van der Waals surface area contributed by atoms with Crippen molar-refractivity contribution in [3.05, 3.63) is 63.9 Å². The molecule has 2 aliphatic heterocycles. The van der Waals surface area contributed by atoms with Crippen molar-refractivity contribution in [1.82, 2.24) is 15.2 Å². The normalized spacial score (nSPS) is 20.4. The minimum absolute atomic E-state index is 0.0406. The zero-order valence-electron chi connectivity index (χ0n) is 22.6. The maximum absolute atomic E-state index is 12.4. The van der Waals surface area contributed by atoms with Crippen molar-refractivity contribution in [1.29, 1.82) is 0 Å². The third kappa shape index (κ3) is 12.4. The Kier molecular flexibility index (Phi) is 13.6. The van der Waals surface area contributed by atoms with Crippen LogP contribution in [0.2, 0.25) is 10.0 Å². The summed E-state index contributed by atoms with van der Waals surface area (Å²) in [7, 11) is 0. The fourth-order valence-electron chi connectivity index (χ4n) is 4.07. The lowest BCUT2D eigenvalue weighted by Crippen LogP contribution is -2.45. The van der Waals surface area contributed by atoms with E-state index >= 15 is 0 Å². The van der Waals surface area contributed by atoms with Crippen LogP contribution in [-0.2, 0) is 25.6 Å². The smallest absolute Gasteiger partial charge is 0.475 e. The maximum Gasteiger partial charge on any atom is 0.490 e. The summed E-state index contributed by atoms with van der Waals surface area (Å²) in [4.78, 5) is 36.7. The molecule has 2 aliphatic rings. The van der Waals surface area contributed by atoms with E-state index in [0.29, 0.717) is 35.4 Å². The quantitative estimate of drug-likeness (QED) is 0.380. The summed E-state index contributed by atoms with van der Waals surface area (Å²) >= 11 is 11.9. The van der Waals surface area contributed by atoms with E-state index in [0.717, 1.165) is 32.5 Å². The number of halogens is 8. The zero-order valence-corrected chi connectivity index (χ0v) is 24.1. The number of carboxylic acid groups (broad SMARTS) is 2. The molecule has 1 spiro atoms. The molecule has 2 aromatic rings. The van der Waals surface area contributed by atoms with Crippen LogP contribution in [0.3, 0.4) is 0 Å². The molecule has 244 valence electrons. The molecule has 0 bridgehead atoms. The monoisotopic (exact) mass is 677 g/mol. The lowest BCUT2D eigenvalue weighted by atomic mass is 10.00. The van der Waals surface area contributed by atoms with Gasteiger partial charge in [0, 0.05) is 44.1 Å². The SMILES string of the molecule is O=C(NCC1CCC2(COCCN(Cc3ccncc3)C2)O1)c1ccc(Cl)c(Cl)c1.O=C(O)C(F)(F)F.O=C(O)C(F)(F)F. The van der Waals surface area contributed by atoms with E-state index in [1.165, 1.54) is 5.56 Å². The highest BCUT2D eigenvalue weighted by atomic mass is 35.5. The van der Waals surface area contributed by atoms with Gasteiger partial charge in [-0.2, -0.15) is 26.3 Å². The number of hydrogen-bond acceptors (Lipinski definition) is 7. The molecule has 0 radical (unpaired) electrons. The minimum atomic E-state index is -5.08. The predicted molar refractivity (Wildman–Crippen MR) is 143 cm³/mol.